The average molecular weight is 2110 g/mol. The molecule has 0 aliphatic carbocycles. The molecule has 56 heteroatoms. The number of benzene rings is 4. The van der Waals surface area contributed by atoms with Gasteiger partial charge in [-0.3, -0.25) is 88.8 Å². The topological polar surface area (TPSA) is 915 Å². The smallest absolute Gasteiger partial charge is 0.326 e. The third kappa shape index (κ3) is 46.6. The van der Waals surface area contributed by atoms with Crippen molar-refractivity contribution in [1.29, 1.82) is 21.6 Å². The number of carbonyl (C=O) groups is 18. The Morgan fingerprint density at radius 1 is 0.338 bits per heavy atom. The van der Waals surface area contributed by atoms with Crippen LogP contribution in [-0.2, 0) is 91.2 Å². The Morgan fingerprint density at radius 2 is 0.615 bits per heavy atom. The van der Waals surface area contributed by atoms with Crippen LogP contribution in [0.4, 0.5) is 14.4 Å². The zero-order valence-corrected chi connectivity index (χ0v) is 84.0. The van der Waals surface area contributed by atoms with E-state index in [9.17, 15) is 68.1 Å². The van der Waals surface area contributed by atoms with Crippen LogP contribution in [0.5, 0.6) is 11.5 Å². The lowest BCUT2D eigenvalue weighted by Gasteiger charge is -2.31. The molecule has 0 aromatic heterocycles. The molecule has 0 spiro atoms. The van der Waals surface area contributed by atoms with Crippen LogP contribution in [0.1, 0.15) is 146 Å². The van der Waals surface area contributed by atoms with Crippen LogP contribution in [0.15, 0.2) is 91.0 Å². The summed E-state index contributed by atoms with van der Waals surface area (Å²) in [5.41, 5.74) is 45.2. The number of carboxylic acid groups (broad SMARTS) is 1. The second-order valence-corrected chi connectivity index (χ2v) is 35.8. The molecule has 1 aliphatic heterocycles. The summed E-state index contributed by atoms with van der Waals surface area (Å²) < 4.78 is 0. The van der Waals surface area contributed by atoms with Crippen LogP contribution in [-0.4, -0.2) is 306 Å². The largest absolute Gasteiger partial charge is 0.508 e. The number of fused-ring (bicyclic) bond motifs is 1. The number of carbonyl (C=O) groups excluding carboxylic acids is 17. The van der Waals surface area contributed by atoms with Crippen molar-refractivity contribution in [2.45, 2.75) is 233 Å². The van der Waals surface area contributed by atoms with Gasteiger partial charge in [-0.2, -0.15) is 25.3 Å². The van der Waals surface area contributed by atoms with Crippen LogP contribution in [0.25, 0.3) is 10.8 Å². The normalized spacial score (nSPS) is 14.6. The summed E-state index contributed by atoms with van der Waals surface area (Å²) in [6, 6.07) is -1.08. The molecule has 1 heterocycles. The maximum atomic E-state index is 15.5. The highest BCUT2D eigenvalue weighted by atomic mass is 32.1. The van der Waals surface area contributed by atoms with E-state index < -0.39 is 221 Å². The van der Waals surface area contributed by atoms with Gasteiger partial charge in [0.2, 0.25) is 82.7 Å². The molecule has 0 radical (unpaired) electrons. The van der Waals surface area contributed by atoms with E-state index in [1.807, 2.05) is 18.2 Å². The molecule has 4 aromatic rings. The molecule has 1 saturated heterocycles. The number of rotatable bonds is 67. The number of likely N-dealkylation sites (tertiary alicyclic amines) is 1. The predicted octanol–water partition coefficient (Wildman–Crippen LogP) is -6.94. The summed E-state index contributed by atoms with van der Waals surface area (Å²) in [6.45, 7) is 0.820. The predicted molar refractivity (Wildman–Crippen MR) is 552 cm³/mol. The van der Waals surface area contributed by atoms with E-state index in [2.05, 4.69) is 132 Å². The van der Waals surface area contributed by atoms with Crippen molar-refractivity contribution in [3.8, 4) is 11.5 Å². The van der Waals surface area contributed by atoms with Gasteiger partial charge in [0, 0.05) is 90.0 Å². The lowest BCUT2D eigenvalue weighted by Crippen LogP contribution is -2.61. The number of carboxylic acids is 1. The first kappa shape index (κ1) is 123. The first-order valence-electron chi connectivity index (χ1n) is 48.2. The lowest BCUT2D eigenvalue weighted by molar-refractivity contribution is -0.142. The number of hydrogen-bond acceptors (Lipinski definition) is 27. The number of phenols is 2. The maximum Gasteiger partial charge on any atom is 0.326 e. The number of unbranched alkanes of at least 4 members (excludes halogenated alkanes) is 1. The van der Waals surface area contributed by atoms with Gasteiger partial charge < -0.3 is 172 Å². The van der Waals surface area contributed by atoms with Gasteiger partial charge in [-0.1, -0.05) is 66.7 Å². The van der Waals surface area contributed by atoms with E-state index in [0.717, 1.165) is 22.6 Å². The van der Waals surface area contributed by atoms with Gasteiger partial charge in [-0.15, -0.1) is 0 Å². The monoisotopic (exact) mass is 2110 g/mol. The summed E-state index contributed by atoms with van der Waals surface area (Å²) in [7, 11) is 0. The molecule has 1 aliphatic rings. The van der Waals surface area contributed by atoms with Crippen LogP contribution >= 0.6 is 25.3 Å². The molecule has 0 unspecified atom stereocenters. The number of guanidine groups is 4. The van der Waals surface area contributed by atoms with Crippen molar-refractivity contribution in [2.24, 2.45) is 45.9 Å². The van der Waals surface area contributed by atoms with Gasteiger partial charge in [0.15, 0.2) is 23.8 Å². The van der Waals surface area contributed by atoms with E-state index in [1.54, 1.807) is 24.3 Å². The SMILES string of the molecule is CC(=O)N[C@@H](CCCNC(N)=O)C(=O)N[C@@H](CCCNC(=N)N)C(=O)N[C@@H](Cc1ccc2ccccc2c1)C(=O)N[C@@H](CS)C(=O)N[C@@H](Cc1ccc(O)cc1)C(=O)N[C@@H](CCCNC(=N)N)C(=O)N[C@@H](CCCCN)C(=O)N[C@H](CCCNC(N)=O)C(=O)N1CCC[C@H]1C(=O)N[C@@H](Cc1ccc(O)cc1)C(=O)N[C@@H](CCCNC(=N)N)C(=O)N[C@@H](CCCNC(N)=O)C(=O)N[C@@H](CS)C(=O)N[C@@H](CCCNC(=N)N)C(=O)O. The summed E-state index contributed by atoms with van der Waals surface area (Å²) in [5.74, 6) is -17.7. The molecule has 14 atom stereocenters. The number of primary amides is 3. The fraction of sp³-hybridized carbons (Fsp3) is 0.522. The van der Waals surface area contributed by atoms with E-state index in [-0.39, 0.29) is 218 Å². The first-order chi connectivity index (χ1) is 70.4. The highest BCUT2D eigenvalue weighted by molar-refractivity contribution is 7.80. The van der Waals surface area contributed by atoms with Crippen molar-refractivity contribution < 1.29 is 102 Å². The van der Waals surface area contributed by atoms with Gasteiger partial charge in [-0.25, -0.2) is 19.2 Å². The number of amides is 20. The Hall–Kier alpha value is -15.7. The Labute approximate surface area is 865 Å². The summed E-state index contributed by atoms with van der Waals surface area (Å²) >= 11 is 8.68. The molecule has 43 N–H and O–H groups in total. The molecule has 5 rings (SSSR count). The molecule has 20 amide bonds. The van der Waals surface area contributed by atoms with Crippen molar-refractivity contribution in [2.75, 3.05) is 70.4 Å². The Kier molecular flexibility index (Phi) is 54.5. The second kappa shape index (κ2) is 65.7. The molecule has 0 saturated carbocycles. The van der Waals surface area contributed by atoms with E-state index in [4.69, 9.17) is 67.5 Å². The highest BCUT2D eigenvalue weighted by Gasteiger charge is 2.42. The number of phenolic OH excluding ortho intramolecular Hbond substituents is 2. The molecule has 54 nitrogen and oxygen atoms in total. The Morgan fingerprint density at radius 3 is 0.953 bits per heavy atom. The molecular weight excluding hydrogens is 1970 g/mol. The lowest BCUT2D eigenvalue weighted by atomic mass is 10.00. The Balaban J connectivity index is 1.50. The van der Waals surface area contributed by atoms with Crippen molar-refractivity contribution in [1.82, 2.24) is 111 Å². The maximum absolute atomic E-state index is 15.5. The standard InChI is InChI=1S/C92H143N33O21S2/c1-50(126)112-58(17-9-40-109-90(102)144)72(129)114-62(20-8-38-107-88(98)99)76(133)120-68(47-53-25-30-54-14-2-3-15-55(54)44-53)80(137)124-70(49-148)82(139)121-66(45-51-26-31-56(127)32-27-51)78(135)116-60(18-6-36-105-86(94)95)73(130)113-59(16-4-5-35-93)75(132)118-64(22-11-42-111-92(104)146)84(141)125-43-13-24-71(125)83(140)122-67(46-52-28-33-57(128)34-29-52)79(136)117-61(19-7-37-106-87(96)97)74(131)115-63(21-10-41-110-91(103)145)77(134)123-69(48-147)81(138)119-65(85(142)143)23-12-39-108-89(100)101/h2-3,14-15,25-34,44,58-71,127-128,147-148H,4-13,16-24,35-43,45-49,93H2,1H3,(H,112,126)(H,113,130)(H,114,129)(H,115,131)(H,116,135)(H,117,136)(H,118,132)(H,119,138)(H,120,133)(H,121,139)(H,122,140)(H,123,134)(H,124,137)(H,142,143)(H4,94,95,105)(H4,96,97,106)(H4,98,99,107)(H4,100,101,108)(H3,102,109,144)(H3,103,110,145)(H3,104,111,146)/t58-,59-,60-,61-,62-,63-,64+,65-,66-,67-,68-,69-,70-,71-/m0/s1. The van der Waals surface area contributed by atoms with Gasteiger partial charge in [0.25, 0.3) is 0 Å². The minimum Gasteiger partial charge on any atom is -0.508 e. The first-order valence-corrected chi connectivity index (χ1v) is 49.5. The number of nitrogens with one attached hydrogen (secondary N) is 24. The third-order valence-corrected chi connectivity index (χ3v) is 24.0. The van der Waals surface area contributed by atoms with Crippen LogP contribution in [0, 0.1) is 21.6 Å². The molecule has 148 heavy (non-hydrogen) atoms. The number of urea groups is 3. The molecule has 814 valence electrons. The van der Waals surface area contributed by atoms with Gasteiger partial charge in [-0.05, 0) is 180 Å². The molecular formula is C92H143N33O21S2. The van der Waals surface area contributed by atoms with E-state index in [1.165, 1.54) is 48.5 Å². The number of aliphatic carboxylic acids is 1. The number of aromatic hydroxyl groups is 2. The quantitative estimate of drug-likeness (QED) is 0.00845. The average Bonchev–Trinajstić information content (AvgIpc) is 1.59. The van der Waals surface area contributed by atoms with E-state index in [0.29, 0.717) is 16.7 Å². The fourth-order valence-electron chi connectivity index (χ4n) is 15.7. The van der Waals surface area contributed by atoms with Crippen LogP contribution in [0.3, 0.4) is 0 Å². The summed E-state index contributed by atoms with van der Waals surface area (Å²) in [5, 5.41) is 115. The van der Waals surface area contributed by atoms with Gasteiger partial charge in [0.05, 0.1) is 0 Å². The fourth-order valence-corrected chi connectivity index (χ4v) is 16.2. The van der Waals surface area contributed by atoms with Crippen LogP contribution < -0.4 is 152 Å². The zero-order valence-electron chi connectivity index (χ0n) is 82.2. The van der Waals surface area contributed by atoms with Crippen molar-refractivity contribution in [3.63, 3.8) is 0 Å². The third-order valence-electron chi connectivity index (χ3n) is 23.3. The molecule has 0 bridgehead atoms. The minimum absolute atomic E-state index is 0.0125. The summed E-state index contributed by atoms with van der Waals surface area (Å²) in [4.78, 5) is 254. The highest BCUT2D eigenvalue weighted by Crippen LogP contribution is 2.24. The Bertz CT molecular complexity index is 5190. The number of thiol groups is 2. The van der Waals surface area contributed by atoms with E-state index >= 15 is 33.6 Å². The molecule has 1 fully saturated rings. The van der Waals surface area contributed by atoms with Gasteiger partial charge >= 0.3 is 24.1 Å². The second-order valence-electron chi connectivity index (χ2n) is 35.0. The zero-order chi connectivity index (χ0) is 109. The van der Waals surface area contributed by atoms with Crippen LogP contribution in [0.2, 0.25) is 0 Å². The summed E-state index contributed by atoms with van der Waals surface area (Å²) in [6.07, 6.45) is -1.90. The van der Waals surface area contributed by atoms with Crippen molar-refractivity contribution in [3.05, 3.63) is 108 Å². The molecule has 4 aromatic carbocycles. The van der Waals surface area contributed by atoms with Crippen molar-refractivity contribution >= 4 is 167 Å². The minimum atomic E-state index is -1.69. The number of hydrogen-bond donors (Lipinski definition) is 37. The number of nitrogens with two attached hydrogens (primary N) is 8. The van der Waals surface area contributed by atoms with Gasteiger partial charge in [0.1, 0.15) is 96.1 Å². The number of nitrogens with zero attached hydrogens (tertiary/aromatic N) is 1.